The van der Waals surface area contributed by atoms with Gasteiger partial charge in [0.05, 0.1) is 19.0 Å². The Morgan fingerprint density at radius 1 is 1.21 bits per heavy atom. The molecule has 1 aromatic heterocycles. The van der Waals surface area contributed by atoms with Crippen molar-refractivity contribution in [3.63, 3.8) is 0 Å². The quantitative estimate of drug-likeness (QED) is 0.618. The van der Waals surface area contributed by atoms with E-state index >= 15 is 0 Å². The number of nitrogens with zero attached hydrogens (tertiary/aromatic N) is 1. The number of methoxy groups -OCH3 is 1. The third-order valence-corrected chi connectivity index (χ3v) is 5.30. The molecule has 1 aromatic carbocycles. The predicted octanol–water partition coefficient (Wildman–Crippen LogP) is 5.15. The van der Waals surface area contributed by atoms with Crippen LogP contribution < -0.4 is 9.26 Å². The minimum Gasteiger partial charge on any atom is -0.497 e. The lowest BCUT2D eigenvalue weighted by atomic mass is 10.2. The van der Waals surface area contributed by atoms with Crippen molar-refractivity contribution < 1.29 is 18.3 Å². The van der Waals surface area contributed by atoms with Crippen LogP contribution in [0.15, 0.2) is 54.9 Å². The maximum Gasteiger partial charge on any atom is 0.411 e. The zero-order valence-electron chi connectivity index (χ0n) is 14.1. The molecule has 2 rings (SSSR count). The maximum atomic E-state index is 13.5. The van der Waals surface area contributed by atoms with Crippen LogP contribution >= 0.6 is 7.60 Å². The molecule has 0 aliphatic rings. The molecule has 128 valence electrons. The molecule has 0 N–H and O–H groups in total. The molecular formula is C18H22NO4P. The van der Waals surface area contributed by atoms with Crippen LogP contribution in [0.2, 0.25) is 0 Å². The Labute approximate surface area is 142 Å². The van der Waals surface area contributed by atoms with Gasteiger partial charge < -0.3 is 9.26 Å². The van der Waals surface area contributed by atoms with Crippen LogP contribution in [0, 0.1) is 0 Å². The number of hydrogen-bond acceptors (Lipinski definition) is 5. The van der Waals surface area contributed by atoms with E-state index in [0.29, 0.717) is 23.2 Å². The van der Waals surface area contributed by atoms with Gasteiger partial charge in [-0.2, -0.15) is 0 Å². The Balaban J connectivity index is 2.43. The first kappa shape index (κ1) is 18.2. The van der Waals surface area contributed by atoms with Gasteiger partial charge in [-0.1, -0.05) is 25.1 Å². The fourth-order valence-electron chi connectivity index (χ4n) is 2.21. The summed E-state index contributed by atoms with van der Waals surface area (Å²) < 4.78 is 30.1. The summed E-state index contributed by atoms with van der Waals surface area (Å²) in [5.41, 5.74) is 0.721. The predicted molar refractivity (Wildman–Crippen MR) is 95.4 cm³/mol. The monoisotopic (exact) mass is 347 g/mol. The zero-order chi connectivity index (χ0) is 17.4. The minimum atomic E-state index is -3.55. The summed E-state index contributed by atoms with van der Waals surface area (Å²) in [7, 11) is -1.99. The first-order chi connectivity index (χ1) is 11.6. The van der Waals surface area contributed by atoms with Gasteiger partial charge in [0.25, 0.3) is 0 Å². The largest absolute Gasteiger partial charge is 0.497 e. The summed E-state index contributed by atoms with van der Waals surface area (Å²) in [6.45, 7) is 4.02. The SMILES string of the molecule is CC/C=C(\c1cccnc1)P(=O)(OCC)Oc1cccc(OC)c1. The number of allylic oxidation sites excluding steroid dienone is 1. The molecule has 24 heavy (non-hydrogen) atoms. The van der Waals surface area contributed by atoms with Crippen molar-refractivity contribution in [3.05, 3.63) is 60.4 Å². The van der Waals surface area contributed by atoms with E-state index < -0.39 is 7.60 Å². The first-order valence-electron chi connectivity index (χ1n) is 7.82. The molecular weight excluding hydrogens is 325 g/mol. The number of hydrogen-bond donors (Lipinski definition) is 0. The van der Waals surface area contributed by atoms with Crippen molar-refractivity contribution in [2.45, 2.75) is 20.3 Å². The fraction of sp³-hybridized carbons (Fsp3) is 0.278. The van der Waals surface area contributed by atoms with Gasteiger partial charge in [-0.05, 0) is 31.5 Å². The molecule has 0 amide bonds. The smallest absolute Gasteiger partial charge is 0.411 e. The number of aromatic nitrogens is 1. The van der Waals surface area contributed by atoms with E-state index in [2.05, 4.69) is 4.98 Å². The van der Waals surface area contributed by atoms with Crippen LogP contribution in [0.25, 0.3) is 5.31 Å². The van der Waals surface area contributed by atoms with Crippen molar-refractivity contribution in [1.29, 1.82) is 0 Å². The summed E-state index contributed by atoms with van der Waals surface area (Å²) >= 11 is 0. The highest BCUT2D eigenvalue weighted by molar-refractivity contribution is 7.65. The molecule has 1 unspecified atom stereocenters. The number of rotatable bonds is 8. The molecule has 1 heterocycles. The highest BCUT2D eigenvalue weighted by Crippen LogP contribution is 2.60. The van der Waals surface area contributed by atoms with Gasteiger partial charge in [-0.15, -0.1) is 0 Å². The fourth-order valence-corrected chi connectivity index (χ4v) is 4.08. The second-order valence-corrected chi connectivity index (χ2v) is 6.84. The lowest BCUT2D eigenvalue weighted by molar-refractivity contribution is 0.289. The van der Waals surface area contributed by atoms with Gasteiger partial charge in [-0.25, -0.2) is 4.57 Å². The molecule has 0 radical (unpaired) electrons. The lowest BCUT2D eigenvalue weighted by Crippen LogP contribution is -2.02. The van der Waals surface area contributed by atoms with Crippen molar-refractivity contribution in [3.8, 4) is 11.5 Å². The number of pyridine rings is 1. The molecule has 0 saturated carbocycles. The Bertz CT molecular complexity index is 731. The number of benzene rings is 1. The van der Waals surface area contributed by atoms with Gasteiger partial charge in [0.1, 0.15) is 11.5 Å². The van der Waals surface area contributed by atoms with E-state index in [0.717, 1.165) is 5.56 Å². The average Bonchev–Trinajstić information content (AvgIpc) is 2.60. The first-order valence-corrected chi connectivity index (χ1v) is 9.36. The summed E-state index contributed by atoms with van der Waals surface area (Å²) in [6.07, 6.45) is 5.88. The van der Waals surface area contributed by atoms with Gasteiger partial charge in [0, 0.05) is 24.0 Å². The molecule has 0 aliphatic carbocycles. The molecule has 2 aromatic rings. The molecule has 0 fully saturated rings. The summed E-state index contributed by atoms with van der Waals surface area (Å²) in [5.74, 6) is 1.05. The Morgan fingerprint density at radius 3 is 2.62 bits per heavy atom. The lowest BCUT2D eigenvalue weighted by Gasteiger charge is -2.21. The highest BCUT2D eigenvalue weighted by atomic mass is 31.2. The van der Waals surface area contributed by atoms with Gasteiger partial charge in [0.2, 0.25) is 0 Å². The van der Waals surface area contributed by atoms with Crippen LogP contribution in [0.4, 0.5) is 0 Å². The molecule has 0 saturated heterocycles. The minimum absolute atomic E-state index is 0.266. The molecule has 0 aliphatic heterocycles. The molecule has 1 atom stereocenters. The highest BCUT2D eigenvalue weighted by Gasteiger charge is 2.32. The van der Waals surface area contributed by atoms with Crippen LogP contribution in [-0.4, -0.2) is 18.7 Å². The van der Waals surface area contributed by atoms with E-state index in [1.54, 1.807) is 56.8 Å². The van der Waals surface area contributed by atoms with Gasteiger partial charge in [-0.3, -0.25) is 9.51 Å². The maximum absolute atomic E-state index is 13.5. The standard InChI is InChI=1S/C18H22NO4P/c1-4-8-18(15-9-7-12-19-14-15)24(20,22-5-2)23-17-11-6-10-16(13-17)21-3/h6-14H,4-5H2,1-3H3/b18-8+. The molecule has 5 nitrogen and oxygen atoms in total. The van der Waals surface area contributed by atoms with Crippen molar-refractivity contribution in [1.82, 2.24) is 4.98 Å². The van der Waals surface area contributed by atoms with Crippen molar-refractivity contribution in [2.24, 2.45) is 0 Å². The van der Waals surface area contributed by atoms with Crippen LogP contribution in [0.5, 0.6) is 11.5 Å². The molecule has 6 heteroatoms. The molecule has 0 spiro atoms. The second kappa shape index (κ2) is 8.67. The van der Waals surface area contributed by atoms with Crippen LogP contribution in [0.1, 0.15) is 25.8 Å². The van der Waals surface area contributed by atoms with E-state index in [4.69, 9.17) is 13.8 Å². The summed E-state index contributed by atoms with van der Waals surface area (Å²) in [5, 5.41) is 0.516. The van der Waals surface area contributed by atoms with E-state index in [9.17, 15) is 4.57 Å². The third kappa shape index (κ3) is 4.47. The van der Waals surface area contributed by atoms with Crippen LogP contribution in [0.3, 0.4) is 0 Å². The summed E-state index contributed by atoms with van der Waals surface area (Å²) in [4.78, 5) is 4.10. The van der Waals surface area contributed by atoms with E-state index in [-0.39, 0.29) is 6.61 Å². The Hall–Kier alpha value is -2.10. The Morgan fingerprint density at radius 2 is 2.00 bits per heavy atom. The van der Waals surface area contributed by atoms with Crippen molar-refractivity contribution >= 4 is 12.9 Å². The zero-order valence-corrected chi connectivity index (χ0v) is 15.0. The Kier molecular flexibility index (Phi) is 6.59. The third-order valence-electron chi connectivity index (χ3n) is 3.22. The van der Waals surface area contributed by atoms with Crippen LogP contribution in [-0.2, 0) is 9.09 Å². The van der Waals surface area contributed by atoms with Crippen molar-refractivity contribution in [2.75, 3.05) is 13.7 Å². The van der Waals surface area contributed by atoms with E-state index in [1.165, 1.54) is 0 Å². The average molecular weight is 347 g/mol. The normalized spacial score (nSPS) is 14.0. The second-order valence-electron chi connectivity index (χ2n) is 4.92. The topological polar surface area (TPSA) is 57.7 Å². The number of ether oxygens (including phenoxy) is 1. The van der Waals surface area contributed by atoms with E-state index in [1.807, 2.05) is 19.1 Å². The molecule has 0 bridgehead atoms. The van der Waals surface area contributed by atoms with Gasteiger partial charge in [0.15, 0.2) is 0 Å². The summed E-state index contributed by atoms with van der Waals surface area (Å²) in [6, 6.07) is 10.6. The van der Waals surface area contributed by atoms with Gasteiger partial charge >= 0.3 is 7.60 Å².